The minimum absolute atomic E-state index is 0.125. The molecule has 1 fully saturated rings. The molecule has 0 spiro atoms. The largest absolute Gasteiger partial charge is 0.389 e. The number of nitrogens with two attached hydrogens (primary N) is 2. The molecule has 2 rings (SSSR count). The Kier molecular flexibility index (Phi) is 3.76. The van der Waals surface area contributed by atoms with Crippen LogP contribution in [0.4, 0.5) is 5.82 Å². The van der Waals surface area contributed by atoms with E-state index in [1.807, 2.05) is 11.0 Å². The monoisotopic (exact) mass is 264 g/mol. The lowest BCUT2D eigenvalue weighted by molar-refractivity contribution is -0.122. The van der Waals surface area contributed by atoms with Gasteiger partial charge in [-0.2, -0.15) is 0 Å². The summed E-state index contributed by atoms with van der Waals surface area (Å²) in [5.74, 6) is 0.364. The van der Waals surface area contributed by atoms with Crippen molar-refractivity contribution in [3.8, 4) is 0 Å². The molecule has 0 aliphatic carbocycles. The van der Waals surface area contributed by atoms with Gasteiger partial charge in [-0.1, -0.05) is 12.2 Å². The highest BCUT2D eigenvalue weighted by molar-refractivity contribution is 7.80. The molecule has 1 amide bonds. The van der Waals surface area contributed by atoms with Crippen LogP contribution >= 0.6 is 12.2 Å². The molecule has 5 nitrogen and oxygen atoms in total. The van der Waals surface area contributed by atoms with Crippen molar-refractivity contribution in [3.05, 3.63) is 23.9 Å². The lowest BCUT2D eigenvalue weighted by atomic mass is 9.97. The van der Waals surface area contributed by atoms with E-state index in [0.29, 0.717) is 11.5 Å². The summed E-state index contributed by atoms with van der Waals surface area (Å²) in [4.78, 5) is 18.0. The quantitative estimate of drug-likeness (QED) is 0.773. The van der Waals surface area contributed by atoms with Gasteiger partial charge in [-0.05, 0) is 25.0 Å². The van der Waals surface area contributed by atoms with Crippen molar-refractivity contribution in [3.63, 3.8) is 0 Å². The van der Waals surface area contributed by atoms with E-state index in [2.05, 4.69) is 4.98 Å². The number of anilines is 1. The molecule has 0 bridgehead atoms. The topological polar surface area (TPSA) is 85.2 Å². The van der Waals surface area contributed by atoms with E-state index in [9.17, 15) is 4.79 Å². The maximum Gasteiger partial charge on any atom is 0.222 e. The van der Waals surface area contributed by atoms with Gasteiger partial charge in [0.25, 0.3) is 0 Å². The van der Waals surface area contributed by atoms with Gasteiger partial charge in [0.05, 0.1) is 11.5 Å². The van der Waals surface area contributed by atoms with Gasteiger partial charge in [0, 0.05) is 19.3 Å². The Morgan fingerprint density at radius 3 is 2.94 bits per heavy atom. The summed E-state index contributed by atoms with van der Waals surface area (Å²) in [5, 5.41) is 0. The number of rotatable bonds is 3. The maximum absolute atomic E-state index is 11.3. The minimum Gasteiger partial charge on any atom is -0.389 e. The molecule has 1 unspecified atom stereocenters. The number of primary amides is 1. The van der Waals surface area contributed by atoms with Crippen molar-refractivity contribution in [2.24, 2.45) is 17.4 Å². The molecular formula is C12H16N4OS. The van der Waals surface area contributed by atoms with Gasteiger partial charge in [-0.15, -0.1) is 0 Å². The average molecular weight is 264 g/mol. The fourth-order valence-corrected chi connectivity index (χ4v) is 2.40. The summed E-state index contributed by atoms with van der Waals surface area (Å²) < 4.78 is 0. The number of hydrogen-bond donors (Lipinski definition) is 2. The molecule has 1 saturated heterocycles. The van der Waals surface area contributed by atoms with Gasteiger partial charge < -0.3 is 16.4 Å². The van der Waals surface area contributed by atoms with E-state index in [4.69, 9.17) is 23.7 Å². The van der Waals surface area contributed by atoms with Crippen LogP contribution in [0, 0.1) is 5.92 Å². The lowest BCUT2D eigenvalue weighted by Crippen LogP contribution is -2.42. The van der Waals surface area contributed by atoms with E-state index in [1.54, 1.807) is 12.3 Å². The zero-order valence-corrected chi connectivity index (χ0v) is 10.8. The number of pyridine rings is 1. The van der Waals surface area contributed by atoms with Crippen LogP contribution in [0.1, 0.15) is 18.4 Å². The highest BCUT2D eigenvalue weighted by atomic mass is 32.1. The van der Waals surface area contributed by atoms with E-state index < -0.39 is 0 Å². The molecule has 0 radical (unpaired) electrons. The number of hydrogen-bond acceptors (Lipinski definition) is 4. The standard InChI is InChI=1S/C12H16N4OS/c13-10(17)8-3-2-6-16(7-8)12-9(11(14)18)4-1-5-15-12/h1,4-5,8H,2-3,6-7H2,(H2,13,17)(H2,14,18). The highest BCUT2D eigenvalue weighted by Crippen LogP contribution is 2.24. The zero-order valence-electron chi connectivity index (χ0n) is 10.0. The Morgan fingerprint density at radius 2 is 2.28 bits per heavy atom. The van der Waals surface area contributed by atoms with Gasteiger partial charge in [0.1, 0.15) is 10.8 Å². The van der Waals surface area contributed by atoms with Crippen LogP contribution in [0.25, 0.3) is 0 Å². The second-order valence-electron chi connectivity index (χ2n) is 4.43. The van der Waals surface area contributed by atoms with Crippen LogP contribution in [0.5, 0.6) is 0 Å². The zero-order chi connectivity index (χ0) is 13.1. The number of piperidine rings is 1. The molecular weight excluding hydrogens is 248 g/mol. The highest BCUT2D eigenvalue weighted by Gasteiger charge is 2.26. The van der Waals surface area contributed by atoms with Crippen molar-refractivity contribution < 1.29 is 4.79 Å². The van der Waals surface area contributed by atoms with Crippen LogP contribution in [0.3, 0.4) is 0 Å². The van der Waals surface area contributed by atoms with Gasteiger partial charge in [-0.3, -0.25) is 4.79 Å². The van der Waals surface area contributed by atoms with Crippen molar-refractivity contribution in [2.45, 2.75) is 12.8 Å². The van der Waals surface area contributed by atoms with Gasteiger partial charge in [0.2, 0.25) is 5.91 Å². The third-order valence-electron chi connectivity index (χ3n) is 3.18. The average Bonchev–Trinajstić information content (AvgIpc) is 2.39. The summed E-state index contributed by atoms with van der Waals surface area (Å²) >= 11 is 5.02. The summed E-state index contributed by atoms with van der Waals surface area (Å²) in [5.41, 5.74) is 11.8. The van der Waals surface area contributed by atoms with Crippen LogP contribution in [0.15, 0.2) is 18.3 Å². The number of aromatic nitrogens is 1. The van der Waals surface area contributed by atoms with E-state index >= 15 is 0 Å². The van der Waals surface area contributed by atoms with E-state index in [0.717, 1.165) is 30.8 Å². The molecule has 1 aromatic heterocycles. The van der Waals surface area contributed by atoms with Crippen molar-refractivity contribution in [2.75, 3.05) is 18.0 Å². The predicted octanol–water partition coefficient (Wildman–Crippen LogP) is 0.417. The summed E-state index contributed by atoms with van der Waals surface area (Å²) in [6.07, 6.45) is 3.45. The normalized spacial score (nSPS) is 19.6. The number of amides is 1. The van der Waals surface area contributed by atoms with E-state index in [-0.39, 0.29) is 11.8 Å². The molecule has 18 heavy (non-hydrogen) atoms. The summed E-state index contributed by atoms with van der Waals surface area (Å²) in [7, 11) is 0. The molecule has 1 aromatic rings. The molecule has 2 heterocycles. The fraction of sp³-hybridized carbons (Fsp3) is 0.417. The number of nitrogens with zero attached hydrogens (tertiary/aromatic N) is 2. The van der Waals surface area contributed by atoms with Gasteiger partial charge in [0.15, 0.2) is 0 Å². The first-order valence-corrected chi connectivity index (χ1v) is 6.29. The van der Waals surface area contributed by atoms with Crippen LogP contribution in [-0.2, 0) is 4.79 Å². The third kappa shape index (κ3) is 2.59. The molecule has 1 aliphatic rings. The third-order valence-corrected chi connectivity index (χ3v) is 3.40. The first-order valence-electron chi connectivity index (χ1n) is 5.88. The predicted molar refractivity (Wildman–Crippen MR) is 74.3 cm³/mol. The number of carbonyl (C=O) groups excluding carboxylic acids is 1. The molecule has 0 saturated carbocycles. The molecule has 96 valence electrons. The summed E-state index contributed by atoms with van der Waals surface area (Å²) in [6, 6.07) is 3.64. The second kappa shape index (κ2) is 5.30. The molecule has 1 atom stereocenters. The first kappa shape index (κ1) is 12.8. The Balaban J connectivity index is 2.26. The smallest absolute Gasteiger partial charge is 0.222 e. The SMILES string of the molecule is NC(=O)C1CCCN(c2ncccc2C(N)=S)C1. The Hall–Kier alpha value is -1.69. The van der Waals surface area contributed by atoms with Crippen LogP contribution in [0.2, 0.25) is 0 Å². The molecule has 4 N–H and O–H groups in total. The Labute approximate surface area is 111 Å². The van der Waals surface area contributed by atoms with Gasteiger partial charge in [-0.25, -0.2) is 4.98 Å². The minimum atomic E-state index is -0.257. The second-order valence-corrected chi connectivity index (χ2v) is 4.87. The molecule has 0 aromatic carbocycles. The van der Waals surface area contributed by atoms with E-state index in [1.165, 1.54) is 0 Å². The first-order chi connectivity index (χ1) is 8.59. The lowest BCUT2D eigenvalue weighted by Gasteiger charge is -2.33. The molecule has 6 heteroatoms. The molecule has 1 aliphatic heterocycles. The van der Waals surface area contributed by atoms with Crippen molar-refractivity contribution in [1.82, 2.24) is 4.98 Å². The van der Waals surface area contributed by atoms with Crippen molar-refractivity contribution in [1.29, 1.82) is 0 Å². The van der Waals surface area contributed by atoms with Crippen LogP contribution in [-0.4, -0.2) is 29.0 Å². The van der Waals surface area contributed by atoms with Crippen molar-refractivity contribution >= 4 is 28.9 Å². The fourth-order valence-electron chi connectivity index (χ4n) is 2.24. The maximum atomic E-state index is 11.3. The van der Waals surface area contributed by atoms with Gasteiger partial charge >= 0.3 is 0 Å². The number of carbonyl (C=O) groups is 1. The number of thiocarbonyl (C=S) groups is 1. The van der Waals surface area contributed by atoms with Crippen LogP contribution < -0.4 is 16.4 Å². The Morgan fingerprint density at radius 1 is 1.50 bits per heavy atom. The Bertz CT molecular complexity index is 477. The summed E-state index contributed by atoms with van der Waals surface area (Å²) in [6.45, 7) is 1.43.